The number of morpholine rings is 1. The van der Waals surface area contributed by atoms with Gasteiger partial charge in [-0.2, -0.15) is 0 Å². The summed E-state index contributed by atoms with van der Waals surface area (Å²) in [6.07, 6.45) is 4.20. The number of halogens is 1. The lowest BCUT2D eigenvalue weighted by Crippen LogP contribution is -2.60. The van der Waals surface area contributed by atoms with Crippen LogP contribution < -0.4 is 5.73 Å². The summed E-state index contributed by atoms with van der Waals surface area (Å²) < 4.78 is 11.4. The molecule has 3 rings (SSSR count). The highest BCUT2D eigenvalue weighted by Gasteiger charge is 2.39. The van der Waals surface area contributed by atoms with E-state index < -0.39 is 0 Å². The van der Waals surface area contributed by atoms with Crippen molar-refractivity contribution in [2.45, 2.75) is 44.4 Å². The number of rotatable bonds is 4. The predicted molar refractivity (Wildman–Crippen MR) is 106 cm³/mol. The number of amides is 1. The number of nitrogens with two attached hydrogens (primary N) is 1. The Bertz CT molecular complexity index is 626. The number of ether oxygens (including phenoxy) is 2. The van der Waals surface area contributed by atoms with Crippen LogP contribution in [-0.2, 0) is 14.3 Å². The van der Waals surface area contributed by atoms with Gasteiger partial charge in [-0.1, -0.05) is 18.2 Å². The largest absolute Gasteiger partial charge is 0.390 e. The maximum Gasteiger partial charge on any atom is 0.272 e. The van der Waals surface area contributed by atoms with Crippen LogP contribution in [0.25, 0.3) is 0 Å². The lowest BCUT2D eigenvalue weighted by Gasteiger charge is -2.49. The van der Waals surface area contributed by atoms with Crippen molar-refractivity contribution in [3.63, 3.8) is 0 Å². The normalized spacial score (nSPS) is 28.7. The monoisotopic (exact) mass is 396 g/mol. The van der Waals surface area contributed by atoms with Crippen molar-refractivity contribution < 1.29 is 14.3 Å². The van der Waals surface area contributed by atoms with Crippen LogP contribution in [0.15, 0.2) is 27.9 Å². The minimum atomic E-state index is -0.139. The maximum atomic E-state index is 12.9. The molecule has 2 N–H and O–H groups in total. The first-order valence-electron chi connectivity index (χ1n) is 9.57. The number of likely N-dealkylation sites (tertiary alicyclic amines) is 1. The summed E-state index contributed by atoms with van der Waals surface area (Å²) in [5, 5.41) is 0.303. The Morgan fingerprint density at radius 2 is 2.00 bits per heavy atom. The van der Waals surface area contributed by atoms with Gasteiger partial charge < -0.3 is 20.1 Å². The van der Waals surface area contributed by atoms with Gasteiger partial charge in [-0.15, -0.1) is 0 Å². The van der Waals surface area contributed by atoms with Crippen molar-refractivity contribution >= 4 is 23.8 Å². The van der Waals surface area contributed by atoms with Gasteiger partial charge in [0.25, 0.3) is 5.91 Å². The molecule has 3 heterocycles. The van der Waals surface area contributed by atoms with Crippen molar-refractivity contribution in [1.82, 2.24) is 9.80 Å². The molecule has 2 atom stereocenters. The number of fused-ring (bicyclic) bond motifs is 1. The molecule has 0 unspecified atom stereocenters. The first kappa shape index (κ1) is 20.3. The van der Waals surface area contributed by atoms with Crippen LogP contribution >= 0.6 is 11.6 Å². The van der Waals surface area contributed by atoms with Crippen LogP contribution in [0.5, 0.6) is 0 Å². The highest BCUT2D eigenvalue weighted by atomic mass is 35.5. The van der Waals surface area contributed by atoms with Gasteiger partial charge in [-0.3, -0.25) is 9.69 Å². The standard InChI is InChI=1S/C19H29ClN4O3/c1-13(14(2)20)18(22-12-21)19(25)23-6-3-15(4-7-23)24-8-10-27-17-11-26-9-5-16(17)24/h12,15-17H,2-11H2,1H3,(H2,21,22)/b18-13-/t16-,17+/m0/s1. The Morgan fingerprint density at radius 3 is 2.67 bits per heavy atom. The average Bonchev–Trinajstić information content (AvgIpc) is 2.70. The van der Waals surface area contributed by atoms with Crippen molar-refractivity contribution in [1.29, 1.82) is 0 Å². The Kier molecular flexibility index (Phi) is 6.92. The van der Waals surface area contributed by atoms with Gasteiger partial charge in [0.15, 0.2) is 0 Å². The Hall–Kier alpha value is -1.41. The van der Waals surface area contributed by atoms with Crippen molar-refractivity contribution in [2.24, 2.45) is 10.7 Å². The summed E-state index contributed by atoms with van der Waals surface area (Å²) in [6.45, 7) is 10.0. The second-order valence-corrected chi connectivity index (χ2v) is 7.71. The fourth-order valence-electron chi connectivity index (χ4n) is 4.23. The molecule has 3 fully saturated rings. The zero-order valence-corrected chi connectivity index (χ0v) is 16.7. The number of hydrogen-bond donors (Lipinski definition) is 1. The van der Waals surface area contributed by atoms with Gasteiger partial charge in [-0.05, 0) is 31.8 Å². The van der Waals surface area contributed by atoms with Gasteiger partial charge in [0.2, 0.25) is 0 Å². The summed E-state index contributed by atoms with van der Waals surface area (Å²) in [7, 11) is 0. The van der Waals surface area contributed by atoms with E-state index in [0.29, 0.717) is 42.4 Å². The second-order valence-electron chi connectivity index (χ2n) is 7.26. The quantitative estimate of drug-likeness (QED) is 0.337. The van der Waals surface area contributed by atoms with Crippen LogP contribution in [0.2, 0.25) is 0 Å². The summed E-state index contributed by atoms with van der Waals surface area (Å²) in [4.78, 5) is 21.4. The predicted octanol–water partition coefficient (Wildman–Crippen LogP) is 1.48. The van der Waals surface area contributed by atoms with Crippen LogP contribution in [0.4, 0.5) is 0 Å². The number of aliphatic imine (C=N–C) groups is 1. The zero-order chi connectivity index (χ0) is 19.4. The first-order valence-corrected chi connectivity index (χ1v) is 9.95. The molecule has 0 bridgehead atoms. The molecule has 0 aromatic rings. The van der Waals surface area contributed by atoms with Gasteiger partial charge >= 0.3 is 0 Å². The molecule has 8 heteroatoms. The zero-order valence-electron chi connectivity index (χ0n) is 15.9. The molecule has 0 saturated carbocycles. The van der Waals surface area contributed by atoms with E-state index in [4.69, 9.17) is 26.8 Å². The fourth-order valence-corrected chi connectivity index (χ4v) is 4.32. The Morgan fingerprint density at radius 1 is 1.26 bits per heavy atom. The van der Waals surface area contributed by atoms with E-state index in [2.05, 4.69) is 16.5 Å². The Labute approximate surface area is 165 Å². The average molecular weight is 397 g/mol. The number of carbonyl (C=O) groups is 1. The summed E-state index contributed by atoms with van der Waals surface area (Å²) in [5.74, 6) is -0.139. The fraction of sp³-hybridized carbons (Fsp3) is 0.684. The van der Waals surface area contributed by atoms with E-state index in [0.717, 1.165) is 45.4 Å². The van der Waals surface area contributed by atoms with E-state index in [9.17, 15) is 4.79 Å². The van der Waals surface area contributed by atoms with E-state index in [1.807, 2.05) is 4.90 Å². The molecule has 27 heavy (non-hydrogen) atoms. The minimum absolute atomic E-state index is 0.139. The SMILES string of the molecule is C=C(Cl)/C(C)=C(\N=CN)C(=O)N1CCC(N2CCO[C@@H]3COCC[C@@H]32)CC1. The molecule has 0 spiro atoms. The molecule has 0 radical (unpaired) electrons. The van der Waals surface area contributed by atoms with E-state index in [-0.39, 0.29) is 17.7 Å². The molecule has 7 nitrogen and oxygen atoms in total. The van der Waals surface area contributed by atoms with E-state index in [1.165, 1.54) is 0 Å². The minimum Gasteiger partial charge on any atom is -0.390 e. The van der Waals surface area contributed by atoms with Crippen LogP contribution in [0.1, 0.15) is 26.2 Å². The molecule has 0 aromatic carbocycles. The second kappa shape index (κ2) is 9.19. The van der Waals surface area contributed by atoms with E-state index in [1.54, 1.807) is 6.92 Å². The van der Waals surface area contributed by atoms with Gasteiger partial charge in [0, 0.05) is 43.4 Å². The van der Waals surface area contributed by atoms with Crippen LogP contribution in [-0.4, -0.2) is 79.7 Å². The van der Waals surface area contributed by atoms with Crippen molar-refractivity contribution in [2.75, 3.05) is 39.5 Å². The lowest BCUT2D eigenvalue weighted by molar-refractivity contribution is -0.151. The summed E-state index contributed by atoms with van der Waals surface area (Å²) in [6, 6.07) is 0.900. The molecule has 1 amide bonds. The molecule has 150 valence electrons. The van der Waals surface area contributed by atoms with Crippen LogP contribution in [0.3, 0.4) is 0 Å². The molecular weight excluding hydrogens is 368 g/mol. The number of carbonyl (C=O) groups excluding carboxylic acids is 1. The van der Waals surface area contributed by atoms with E-state index >= 15 is 0 Å². The molecule has 3 saturated heterocycles. The van der Waals surface area contributed by atoms with Crippen molar-refractivity contribution in [3.05, 3.63) is 22.9 Å². The van der Waals surface area contributed by atoms with Crippen LogP contribution in [0, 0.1) is 0 Å². The topological polar surface area (TPSA) is 80.4 Å². The third-order valence-corrected chi connectivity index (χ3v) is 6.05. The van der Waals surface area contributed by atoms with Crippen molar-refractivity contribution in [3.8, 4) is 0 Å². The highest BCUT2D eigenvalue weighted by molar-refractivity contribution is 6.32. The first-order chi connectivity index (χ1) is 13.0. The summed E-state index contributed by atoms with van der Waals surface area (Å²) >= 11 is 5.96. The Balaban J connectivity index is 1.63. The number of allylic oxidation sites excluding steroid dienone is 2. The number of nitrogens with zero attached hydrogens (tertiary/aromatic N) is 3. The lowest BCUT2D eigenvalue weighted by atomic mass is 9.95. The van der Waals surface area contributed by atoms with Gasteiger partial charge in [0.1, 0.15) is 5.70 Å². The third kappa shape index (κ3) is 4.54. The number of hydrogen-bond acceptors (Lipinski definition) is 5. The molecular formula is C19H29ClN4O3. The molecule has 0 aromatic heterocycles. The number of piperidine rings is 1. The molecule has 3 aliphatic heterocycles. The highest BCUT2D eigenvalue weighted by Crippen LogP contribution is 2.28. The maximum absolute atomic E-state index is 12.9. The smallest absolute Gasteiger partial charge is 0.272 e. The van der Waals surface area contributed by atoms with Gasteiger partial charge in [-0.25, -0.2) is 4.99 Å². The summed E-state index contributed by atoms with van der Waals surface area (Å²) in [5.41, 5.74) is 6.25. The molecule has 3 aliphatic rings. The van der Waals surface area contributed by atoms with Gasteiger partial charge in [0.05, 0.1) is 25.7 Å². The third-order valence-electron chi connectivity index (χ3n) is 5.77. The molecule has 0 aliphatic carbocycles.